The zero-order valence-electron chi connectivity index (χ0n) is 11.7. The number of aromatic nitrogens is 2. The molecule has 1 unspecified atom stereocenters. The second-order valence-electron chi connectivity index (χ2n) is 5.42. The summed E-state index contributed by atoms with van der Waals surface area (Å²) < 4.78 is 5.32. The van der Waals surface area contributed by atoms with Gasteiger partial charge in [0.05, 0.1) is 0 Å². The summed E-state index contributed by atoms with van der Waals surface area (Å²) in [4.78, 5) is 4.48. The summed E-state index contributed by atoms with van der Waals surface area (Å²) >= 11 is 0. The van der Waals surface area contributed by atoms with Gasteiger partial charge in [0.2, 0.25) is 5.89 Å². The Labute approximate surface area is 119 Å². The van der Waals surface area contributed by atoms with Crippen molar-refractivity contribution in [3.8, 4) is 0 Å². The molecule has 4 nitrogen and oxygen atoms in total. The lowest BCUT2D eigenvalue weighted by atomic mass is 10.1. The Hall–Kier alpha value is -1.68. The van der Waals surface area contributed by atoms with Crippen LogP contribution in [0.2, 0.25) is 0 Å². The van der Waals surface area contributed by atoms with Crippen molar-refractivity contribution < 1.29 is 4.52 Å². The van der Waals surface area contributed by atoms with E-state index in [1.165, 1.54) is 18.4 Å². The maximum Gasteiger partial charge on any atom is 0.226 e. The van der Waals surface area contributed by atoms with E-state index in [0.29, 0.717) is 6.04 Å². The number of nitrogens with zero attached hydrogens (tertiary/aromatic N) is 2. The molecule has 1 saturated heterocycles. The topological polar surface area (TPSA) is 51.0 Å². The highest BCUT2D eigenvalue weighted by molar-refractivity contribution is 5.15. The summed E-state index contributed by atoms with van der Waals surface area (Å²) in [5.74, 6) is 1.60. The molecule has 4 heteroatoms. The van der Waals surface area contributed by atoms with Gasteiger partial charge in [-0.25, -0.2) is 0 Å². The van der Waals surface area contributed by atoms with Crippen molar-refractivity contribution in [1.29, 1.82) is 0 Å². The molecule has 20 heavy (non-hydrogen) atoms. The third kappa shape index (κ3) is 3.67. The van der Waals surface area contributed by atoms with Gasteiger partial charge < -0.3 is 9.84 Å². The zero-order valence-corrected chi connectivity index (χ0v) is 11.7. The first-order valence-corrected chi connectivity index (χ1v) is 7.49. The molecule has 1 N–H and O–H groups in total. The fraction of sp³-hybridized carbons (Fsp3) is 0.500. The van der Waals surface area contributed by atoms with Crippen LogP contribution in [-0.4, -0.2) is 22.7 Å². The van der Waals surface area contributed by atoms with Crippen LogP contribution in [0, 0.1) is 0 Å². The van der Waals surface area contributed by atoms with Crippen LogP contribution in [0.4, 0.5) is 0 Å². The third-order valence-electron chi connectivity index (χ3n) is 3.86. The fourth-order valence-electron chi connectivity index (χ4n) is 2.69. The van der Waals surface area contributed by atoms with Crippen LogP contribution in [0.1, 0.15) is 36.5 Å². The normalized spacial score (nSPS) is 18.5. The molecule has 1 aromatic heterocycles. The number of hydrogen-bond donors (Lipinski definition) is 1. The van der Waals surface area contributed by atoms with Gasteiger partial charge in [0.25, 0.3) is 0 Å². The van der Waals surface area contributed by atoms with Gasteiger partial charge in [-0.3, -0.25) is 0 Å². The van der Waals surface area contributed by atoms with E-state index in [1.54, 1.807) is 0 Å². The minimum absolute atomic E-state index is 0.634. The van der Waals surface area contributed by atoms with Gasteiger partial charge in [-0.15, -0.1) is 0 Å². The van der Waals surface area contributed by atoms with Crippen LogP contribution in [0.5, 0.6) is 0 Å². The van der Waals surface area contributed by atoms with Crippen LogP contribution in [0.25, 0.3) is 0 Å². The van der Waals surface area contributed by atoms with Crippen molar-refractivity contribution in [1.82, 2.24) is 15.5 Å². The quantitative estimate of drug-likeness (QED) is 0.877. The van der Waals surface area contributed by atoms with Crippen LogP contribution in [0.3, 0.4) is 0 Å². The Morgan fingerprint density at radius 1 is 1.15 bits per heavy atom. The Bertz CT molecular complexity index is 518. The molecular formula is C16H21N3O. The van der Waals surface area contributed by atoms with Gasteiger partial charge in [-0.2, -0.15) is 4.98 Å². The van der Waals surface area contributed by atoms with Crippen molar-refractivity contribution in [3.05, 3.63) is 47.6 Å². The minimum Gasteiger partial charge on any atom is -0.339 e. The summed E-state index contributed by atoms with van der Waals surface area (Å²) in [6.07, 6.45) is 6.35. The van der Waals surface area contributed by atoms with Crippen molar-refractivity contribution >= 4 is 0 Å². The smallest absolute Gasteiger partial charge is 0.226 e. The molecule has 106 valence electrons. The lowest BCUT2D eigenvalue weighted by molar-refractivity contribution is 0.364. The second-order valence-corrected chi connectivity index (χ2v) is 5.42. The van der Waals surface area contributed by atoms with Gasteiger partial charge in [0, 0.05) is 18.9 Å². The summed E-state index contributed by atoms with van der Waals surface area (Å²) in [5, 5.41) is 7.56. The number of nitrogens with one attached hydrogen (secondary N) is 1. The van der Waals surface area contributed by atoms with Crippen LogP contribution >= 0.6 is 0 Å². The molecule has 0 radical (unpaired) electrons. The Morgan fingerprint density at radius 3 is 2.85 bits per heavy atom. The van der Waals surface area contributed by atoms with Gasteiger partial charge in [-0.05, 0) is 37.8 Å². The number of aryl methyl sites for hydroxylation is 3. The molecule has 1 aromatic carbocycles. The average molecular weight is 271 g/mol. The molecular weight excluding hydrogens is 250 g/mol. The van der Waals surface area contributed by atoms with Gasteiger partial charge >= 0.3 is 0 Å². The molecule has 1 aliphatic rings. The van der Waals surface area contributed by atoms with Crippen molar-refractivity contribution in [2.24, 2.45) is 0 Å². The standard InChI is InChI=1S/C16H21N3O/c1-2-5-13(6-3-1)8-10-15-18-16(20-19-15)11-9-14-7-4-12-17-14/h1-3,5-6,14,17H,4,7-12H2. The van der Waals surface area contributed by atoms with Crippen LogP contribution < -0.4 is 5.32 Å². The van der Waals surface area contributed by atoms with E-state index in [9.17, 15) is 0 Å². The summed E-state index contributed by atoms with van der Waals surface area (Å²) in [6.45, 7) is 1.15. The monoisotopic (exact) mass is 271 g/mol. The molecule has 0 amide bonds. The molecule has 0 saturated carbocycles. The first kappa shape index (κ1) is 13.3. The zero-order chi connectivity index (χ0) is 13.6. The highest BCUT2D eigenvalue weighted by Crippen LogP contribution is 2.12. The Balaban J connectivity index is 1.46. The van der Waals surface area contributed by atoms with E-state index in [0.717, 1.165) is 43.9 Å². The summed E-state index contributed by atoms with van der Waals surface area (Å²) in [6, 6.07) is 11.1. The van der Waals surface area contributed by atoms with E-state index in [4.69, 9.17) is 4.52 Å². The van der Waals surface area contributed by atoms with Crippen LogP contribution in [0.15, 0.2) is 34.9 Å². The molecule has 2 aromatic rings. The number of benzene rings is 1. The van der Waals surface area contributed by atoms with Crippen molar-refractivity contribution in [3.63, 3.8) is 0 Å². The van der Waals surface area contributed by atoms with Crippen molar-refractivity contribution in [2.45, 2.75) is 44.6 Å². The minimum atomic E-state index is 0.634. The molecule has 1 fully saturated rings. The van der Waals surface area contributed by atoms with Crippen molar-refractivity contribution in [2.75, 3.05) is 6.54 Å². The van der Waals surface area contributed by atoms with E-state index < -0.39 is 0 Å². The predicted molar refractivity (Wildman–Crippen MR) is 77.5 cm³/mol. The Kier molecular flexibility index (Phi) is 4.43. The van der Waals surface area contributed by atoms with E-state index in [1.807, 2.05) is 6.07 Å². The number of hydrogen-bond acceptors (Lipinski definition) is 4. The largest absolute Gasteiger partial charge is 0.339 e. The van der Waals surface area contributed by atoms with Crippen LogP contribution in [-0.2, 0) is 19.3 Å². The predicted octanol–water partition coefficient (Wildman–Crippen LogP) is 2.54. The Morgan fingerprint density at radius 2 is 2.05 bits per heavy atom. The molecule has 3 rings (SSSR count). The second kappa shape index (κ2) is 6.66. The summed E-state index contributed by atoms with van der Waals surface area (Å²) in [5.41, 5.74) is 1.31. The summed E-state index contributed by atoms with van der Waals surface area (Å²) in [7, 11) is 0. The average Bonchev–Trinajstić information content (AvgIpc) is 3.16. The molecule has 2 heterocycles. The lowest BCUT2D eigenvalue weighted by Gasteiger charge is -2.06. The van der Waals surface area contributed by atoms with Gasteiger partial charge in [0.1, 0.15) is 0 Å². The highest BCUT2D eigenvalue weighted by atomic mass is 16.5. The fourth-order valence-corrected chi connectivity index (χ4v) is 2.69. The molecule has 1 aliphatic heterocycles. The molecule has 0 spiro atoms. The first-order chi connectivity index (χ1) is 9.90. The van der Waals surface area contributed by atoms with E-state index >= 15 is 0 Å². The highest BCUT2D eigenvalue weighted by Gasteiger charge is 2.15. The molecule has 0 aliphatic carbocycles. The molecule has 0 bridgehead atoms. The van der Waals surface area contributed by atoms with Gasteiger partial charge in [0.15, 0.2) is 5.82 Å². The lowest BCUT2D eigenvalue weighted by Crippen LogP contribution is -2.21. The van der Waals surface area contributed by atoms with E-state index in [2.05, 4.69) is 39.7 Å². The van der Waals surface area contributed by atoms with E-state index in [-0.39, 0.29) is 0 Å². The number of rotatable bonds is 6. The maximum atomic E-state index is 5.32. The maximum absolute atomic E-state index is 5.32. The van der Waals surface area contributed by atoms with Gasteiger partial charge in [-0.1, -0.05) is 35.5 Å². The first-order valence-electron chi connectivity index (χ1n) is 7.49. The third-order valence-corrected chi connectivity index (χ3v) is 3.86. The SMILES string of the molecule is c1ccc(CCc2noc(CCC3CCCN3)n2)cc1. The molecule has 1 atom stereocenters.